The minimum atomic E-state index is 0.295. The second-order valence-electron chi connectivity index (χ2n) is 4.88. The molecule has 0 spiro atoms. The van der Waals surface area contributed by atoms with Crippen LogP contribution in [0.1, 0.15) is 25.5 Å². The molecule has 1 saturated heterocycles. The minimum absolute atomic E-state index is 0.295. The molecule has 0 aliphatic carbocycles. The average Bonchev–Trinajstić information content (AvgIpc) is 3.03. The molecular formula is C15H24N4O2. The van der Waals surface area contributed by atoms with Gasteiger partial charge in [0.25, 0.3) is 0 Å². The van der Waals surface area contributed by atoms with Gasteiger partial charge in [0.15, 0.2) is 5.96 Å². The van der Waals surface area contributed by atoms with Crippen molar-refractivity contribution < 1.29 is 9.47 Å². The molecule has 6 heteroatoms. The van der Waals surface area contributed by atoms with Crippen LogP contribution in [0.25, 0.3) is 0 Å². The number of rotatable bonds is 6. The normalized spacial score (nSPS) is 18.6. The number of nitrogens with one attached hydrogen (secondary N) is 2. The molecule has 1 aliphatic rings. The fraction of sp³-hybridized carbons (Fsp3) is 0.600. The first-order valence-corrected chi connectivity index (χ1v) is 7.45. The Kier molecular flexibility index (Phi) is 6.27. The summed E-state index contributed by atoms with van der Waals surface area (Å²) in [6, 6.07) is 5.69. The van der Waals surface area contributed by atoms with Crippen LogP contribution in [0.15, 0.2) is 23.2 Å². The van der Waals surface area contributed by atoms with Gasteiger partial charge in [0, 0.05) is 25.8 Å². The van der Waals surface area contributed by atoms with Crippen molar-refractivity contribution in [3.8, 4) is 5.88 Å². The first kappa shape index (κ1) is 15.6. The zero-order chi connectivity index (χ0) is 14.9. The number of hydrogen-bond donors (Lipinski definition) is 2. The lowest BCUT2D eigenvalue weighted by atomic mass is 10.2. The van der Waals surface area contributed by atoms with Gasteiger partial charge in [-0.25, -0.2) is 9.98 Å². The standard InChI is InChI=1S/C15H24N4O2/c1-3-16-15(18-11-13-7-5-9-21-13)17-10-12-6-4-8-14(19-12)20-2/h4,6,8,13H,3,5,7,9-11H2,1-2H3,(H2,16,17,18). The number of guanidine groups is 1. The van der Waals surface area contributed by atoms with E-state index in [9.17, 15) is 0 Å². The molecule has 0 amide bonds. The SMILES string of the molecule is CCNC(=NCc1cccc(OC)n1)NCC1CCCO1. The fourth-order valence-corrected chi connectivity index (χ4v) is 2.18. The lowest BCUT2D eigenvalue weighted by molar-refractivity contribution is 0.114. The van der Waals surface area contributed by atoms with Gasteiger partial charge in [0.05, 0.1) is 25.5 Å². The van der Waals surface area contributed by atoms with Gasteiger partial charge in [-0.05, 0) is 25.8 Å². The number of nitrogens with zero attached hydrogens (tertiary/aromatic N) is 2. The third-order valence-corrected chi connectivity index (χ3v) is 3.25. The predicted molar refractivity (Wildman–Crippen MR) is 82.6 cm³/mol. The van der Waals surface area contributed by atoms with Crippen LogP contribution in [-0.2, 0) is 11.3 Å². The molecule has 116 valence electrons. The second-order valence-corrected chi connectivity index (χ2v) is 4.88. The Balaban J connectivity index is 1.89. The Morgan fingerprint density at radius 2 is 2.38 bits per heavy atom. The van der Waals surface area contributed by atoms with E-state index >= 15 is 0 Å². The van der Waals surface area contributed by atoms with Gasteiger partial charge in [0.2, 0.25) is 5.88 Å². The lowest BCUT2D eigenvalue weighted by Crippen LogP contribution is -2.41. The number of hydrogen-bond acceptors (Lipinski definition) is 4. The Bertz CT molecular complexity index is 459. The van der Waals surface area contributed by atoms with Gasteiger partial charge in [-0.3, -0.25) is 0 Å². The van der Waals surface area contributed by atoms with Crippen LogP contribution in [-0.4, -0.2) is 43.9 Å². The van der Waals surface area contributed by atoms with E-state index in [1.54, 1.807) is 7.11 Å². The topological polar surface area (TPSA) is 67.8 Å². The quantitative estimate of drug-likeness (QED) is 0.611. The van der Waals surface area contributed by atoms with Crippen LogP contribution >= 0.6 is 0 Å². The van der Waals surface area contributed by atoms with Crippen molar-refractivity contribution in [2.24, 2.45) is 4.99 Å². The van der Waals surface area contributed by atoms with Crippen molar-refractivity contribution in [1.29, 1.82) is 0 Å². The Morgan fingerprint density at radius 3 is 3.10 bits per heavy atom. The van der Waals surface area contributed by atoms with E-state index in [-0.39, 0.29) is 0 Å². The summed E-state index contributed by atoms with van der Waals surface area (Å²) in [4.78, 5) is 8.89. The van der Waals surface area contributed by atoms with Gasteiger partial charge in [-0.1, -0.05) is 6.07 Å². The summed E-state index contributed by atoms with van der Waals surface area (Å²) in [5.41, 5.74) is 0.878. The molecule has 1 aliphatic heterocycles. The highest BCUT2D eigenvalue weighted by molar-refractivity contribution is 5.79. The fourth-order valence-electron chi connectivity index (χ4n) is 2.18. The smallest absolute Gasteiger partial charge is 0.213 e. The van der Waals surface area contributed by atoms with Gasteiger partial charge < -0.3 is 20.1 Å². The highest BCUT2D eigenvalue weighted by atomic mass is 16.5. The van der Waals surface area contributed by atoms with Crippen molar-refractivity contribution >= 4 is 5.96 Å². The third kappa shape index (κ3) is 5.23. The van der Waals surface area contributed by atoms with E-state index < -0.39 is 0 Å². The third-order valence-electron chi connectivity index (χ3n) is 3.25. The molecule has 1 fully saturated rings. The zero-order valence-corrected chi connectivity index (χ0v) is 12.8. The maximum Gasteiger partial charge on any atom is 0.213 e. The van der Waals surface area contributed by atoms with Gasteiger partial charge in [-0.2, -0.15) is 0 Å². The molecular weight excluding hydrogens is 268 g/mol. The maximum atomic E-state index is 5.60. The first-order valence-electron chi connectivity index (χ1n) is 7.45. The maximum absolute atomic E-state index is 5.60. The van der Waals surface area contributed by atoms with Crippen molar-refractivity contribution in [1.82, 2.24) is 15.6 Å². The molecule has 1 unspecified atom stereocenters. The molecule has 6 nitrogen and oxygen atoms in total. The Hall–Kier alpha value is -1.82. The Labute approximate surface area is 126 Å². The number of aliphatic imine (C=N–C) groups is 1. The summed E-state index contributed by atoms with van der Waals surface area (Å²) in [6.07, 6.45) is 2.56. The zero-order valence-electron chi connectivity index (χ0n) is 12.8. The number of ether oxygens (including phenoxy) is 2. The molecule has 2 rings (SSSR count). The molecule has 2 heterocycles. The summed E-state index contributed by atoms with van der Waals surface area (Å²) >= 11 is 0. The summed E-state index contributed by atoms with van der Waals surface area (Å²) in [6.45, 7) is 5.04. The van der Waals surface area contributed by atoms with Crippen LogP contribution in [0.5, 0.6) is 5.88 Å². The molecule has 0 radical (unpaired) electrons. The van der Waals surface area contributed by atoms with E-state index in [1.165, 1.54) is 0 Å². The van der Waals surface area contributed by atoms with Gasteiger partial charge in [0.1, 0.15) is 0 Å². The number of pyridine rings is 1. The first-order chi connectivity index (χ1) is 10.3. The van der Waals surface area contributed by atoms with Crippen molar-refractivity contribution in [3.63, 3.8) is 0 Å². The van der Waals surface area contributed by atoms with Crippen molar-refractivity contribution in [2.75, 3.05) is 26.8 Å². The van der Waals surface area contributed by atoms with Crippen molar-refractivity contribution in [3.05, 3.63) is 23.9 Å². The van der Waals surface area contributed by atoms with E-state index in [4.69, 9.17) is 9.47 Å². The Morgan fingerprint density at radius 1 is 1.48 bits per heavy atom. The number of methoxy groups -OCH3 is 1. The van der Waals surface area contributed by atoms with E-state index in [2.05, 4.69) is 20.6 Å². The summed E-state index contributed by atoms with van der Waals surface area (Å²) in [5, 5.41) is 6.55. The molecule has 0 bridgehead atoms. The molecule has 1 atom stereocenters. The second kappa shape index (κ2) is 8.46. The molecule has 21 heavy (non-hydrogen) atoms. The monoisotopic (exact) mass is 292 g/mol. The highest BCUT2D eigenvalue weighted by Gasteiger charge is 2.15. The minimum Gasteiger partial charge on any atom is -0.481 e. The molecule has 0 aromatic carbocycles. The van der Waals surface area contributed by atoms with Crippen LogP contribution in [0.2, 0.25) is 0 Å². The molecule has 2 N–H and O–H groups in total. The summed E-state index contributed by atoms with van der Waals surface area (Å²) < 4.78 is 10.7. The molecule has 0 saturated carbocycles. The van der Waals surface area contributed by atoms with Crippen LogP contribution in [0, 0.1) is 0 Å². The highest BCUT2D eigenvalue weighted by Crippen LogP contribution is 2.10. The van der Waals surface area contributed by atoms with E-state index in [0.717, 1.165) is 44.2 Å². The lowest BCUT2D eigenvalue weighted by Gasteiger charge is -2.14. The average molecular weight is 292 g/mol. The van der Waals surface area contributed by atoms with Gasteiger partial charge in [-0.15, -0.1) is 0 Å². The number of aromatic nitrogens is 1. The molecule has 1 aromatic heterocycles. The van der Waals surface area contributed by atoms with Crippen molar-refractivity contribution in [2.45, 2.75) is 32.4 Å². The summed E-state index contributed by atoms with van der Waals surface area (Å²) in [5.74, 6) is 1.40. The van der Waals surface area contributed by atoms with Gasteiger partial charge >= 0.3 is 0 Å². The van der Waals surface area contributed by atoms with Crippen LogP contribution < -0.4 is 15.4 Å². The largest absolute Gasteiger partial charge is 0.481 e. The summed E-state index contributed by atoms with van der Waals surface area (Å²) in [7, 11) is 1.61. The molecule has 1 aromatic rings. The van der Waals surface area contributed by atoms with E-state index in [1.807, 2.05) is 25.1 Å². The van der Waals surface area contributed by atoms with E-state index in [0.29, 0.717) is 18.5 Å². The van der Waals surface area contributed by atoms with Crippen LogP contribution in [0.4, 0.5) is 0 Å². The predicted octanol–water partition coefficient (Wildman–Crippen LogP) is 1.32. The van der Waals surface area contributed by atoms with Crippen LogP contribution in [0.3, 0.4) is 0 Å².